The summed E-state index contributed by atoms with van der Waals surface area (Å²) in [6.07, 6.45) is 0. The third-order valence-electron chi connectivity index (χ3n) is 3.50. The van der Waals surface area contributed by atoms with E-state index in [9.17, 15) is 0 Å². The lowest BCUT2D eigenvalue weighted by Gasteiger charge is -2.36. The van der Waals surface area contributed by atoms with Gasteiger partial charge in [-0.25, -0.2) is 0 Å². The van der Waals surface area contributed by atoms with E-state index < -0.39 is 0 Å². The number of nitrogens with one attached hydrogen (secondary N) is 2. The average Bonchev–Trinajstić information content (AvgIpc) is 2.49. The topological polar surface area (TPSA) is 45.7 Å². The summed E-state index contributed by atoms with van der Waals surface area (Å²) < 4.78 is 5.28. The first-order valence-corrected chi connectivity index (χ1v) is 8.81. The van der Waals surface area contributed by atoms with Gasteiger partial charge in [0.2, 0.25) is 0 Å². The molecule has 6 heteroatoms. The molecule has 1 aliphatic rings. The lowest BCUT2D eigenvalue weighted by molar-refractivity contribution is -0.0945. The van der Waals surface area contributed by atoms with E-state index in [1.54, 1.807) is 0 Å². The first kappa shape index (κ1) is 20.6. The molecule has 23 heavy (non-hydrogen) atoms. The number of thioether (sulfide) groups is 1. The Bertz CT molecular complexity index is 480. The predicted molar refractivity (Wildman–Crippen MR) is 110 cm³/mol. The first-order chi connectivity index (χ1) is 10.6. The summed E-state index contributed by atoms with van der Waals surface area (Å²) in [4.78, 5) is 5.99. The number of hydrogen-bond donors (Lipinski definition) is 2. The molecule has 1 heterocycles. The van der Waals surface area contributed by atoms with E-state index in [1.807, 2.05) is 17.8 Å². The normalized spacial score (nSPS) is 17.6. The fourth-order valence-electron chi connectivity index (χ4n) is 2.17. The largest absolute Gasteiger partial charge is 0.380 e. The zero-order chi connectivity index (χ0) is 15.8. The van der Waals surface area contributed by atoms with Gasteiger partial charge in [-0.1, -0.05) is 32.0 Å². The Balaban J connectivity index is 0.00000264. The number of hydrogen-bond acceptors (Lipinski definition) is 3. The second kappa shape index (κ2) is 10.4. The molecule has 2 rings (SSSR count). The highest BCUT2D eigenvalue weighted by atomic mass is 127. The summed E-state index contributed by atoms with van der Waals surface area (Å²) in [7, 11) is 0. The molecule has 130 valence electrons. The van der Waals surface area contributed by atoms with Crippen LogP contribution in [-0.2, 0) is 4.74 Å². The fraction of sp³-hybridized carbons (Fsp3) is 0.588. The van der Waals surface area contributed by atoms with Crippen LogP contribution in [0.1, 0.15) is 20.8 Å². The van der Waals surface area contributed by atoms with Crippen molar-refractivity contribution in [1.82, 2.24) is 10.6 Å². The SMILES string of the molecule is CCNC(=NCC1(C)COC1)NCC(C)Sc1ccccc1.I. The number of guanidine groups is 1. The van der Waals surface area contributed by atoms with Crippen molar-refractivity contribution in [1.29, 1.82) is 0 Å². The molecule has 4 nitrogen and oxygen atoms in total. The molecule has 1 aromatic rings. The Morgan fingerprint density at radius 2 is 2.00 bits per heavy atom. The van der Waals surface area contributed by atoms with Crippen LogP contribution in [0.4, 0.5) is 0 Å². The number of nitrogens with zero attached hydrogens (tertiary/aromatic N) is 1. The molecule has 1 fully saturated rings. The van der Waals surface area contributed by atoms with Crippen molar-refractivity contribution in [2.75, 3.05) is 32.8 Å². The van der Waals surface area contributed by atoms with Gasteiger partial charge in [-0.2, -0.15) is 0 Å². The van der Waals surface area contributed by atoms with Gasteiger partial charge in [0.15, 0.2) is 5.96 Å². The summed E-state index contributed by atoms with van der Waals surface area (Å²) in [6, 6.07) is 10.5. The van der Waals surface area contributed by atoms with Gasteiger partial charge < -0.3 is 15.4 Å². The van der Waals surface area contributed by atoms with Crippen LogP contribution >= 0.6 is 35.7 Å². The van der Waals surface area contributed by atoms with E-state index in [0.29, 0.717) is 5.25 Å². The van der Waals surface area contributed by atoms with Gasteiger partial charge in [0.1, 0.15) is 0 Å². The zero-order valence-corrected chi connectivity index (χ0v) is 17.3. The van der Waals surface area contributed by atoms with Crippen LogP contribution in [0.3, 0.4) is 0 Å². The van der Waals surface area contributed by atoms with Crippen molar-refractivity contribution in [3.05, 3.63) is 30.3 Å². The molecule has 0 bridgehead atoms. The molecule has 1 aromatic carbocycles. The summed E-state index contributed by atoms with van der Waals surface area (Å²) >= 11 is 1.88. The van der Waals surface area contributed by atoms with Gasteiger partial charge >= 0.3 is 0 Å². The lowest BCUT2D eigenvalue weighted by atomic mass is 9.89. The van der Waals surface area contributed by atoms with Crippen LogP contribution in [-0.4, -0.2) is 44.1 Å². The molecule has 1 saturated heterocycles. The van der Waals surface area contributed by atoms with Crippen molar-refractivity contribution in [3.63, 3.8) is 0 Å². The Kier molecular flexibility index (Phi) is 9.31. The minimum atomic E-state index is 0. The lowest BCUT2D eigenvalue weighted by Crippen LogP contribution is -2.45. The molecule has 0 aliphatic carbocycles. The monoisotopic (exact) mass is 449 g/mol. The van der Waals surface area contributed by atoms with Gasteiger partial charge in [0, 0.05) is 28.6 Å². The highest BCUT2D eigenvalue weighted by Gasteiger charge is 2.33. The highest BCUT2D eigenvalue weighted by molar-refractivity contribution is 14.0. The molecule has 1 atom stereocenters. The summed E-state index contributed by atoms with van der Waals surface area (Å²) in [6.45, 7) is 10.7. The van der Waals surface area contributed by atoms with Crippen molar-refractivity contribution >= 4 is 41.7 Å². The molecule has 0 radical (unpaired) electrons. The summed E-state index contributed by atoms with van der Waals surface area (Å²) in [5.41, 5.74) is 0.215. The predicted octanol–water partition coefficient (Wildman–Crippen LogP) is 3.38. The van der Waals surface area contributed by atoms with Gasteiger partial charge in [0.25, 0.3) is 0 Å². The van der Waals surface area contributed by atoms with E-state index in [-0.39, 0.29) is 29.4 Å². The summed E-state index contributed by atoms with van der Waals surface area (Å²) in [5.74, 6) is 0.899. The van der Waals surface area contributed by atoms with Crippen molar-refractivity contribution in [3.8, 4) is 0 Å². The van der Waals surface area contributed by atoms with E-state index in [1.165, 1.54) is 4.90 Å². The van der Waals surface area contributed by atoms with Crippen LogP contribution < -0.4 is 10.6 Å². The smallest absolute Gasteiger partial charge is 0.191 e. The van der Waals surface area contributed by atoms with Gasteiger partial charge in [-0.05, 0) is 19.1 Å². The van der Waals surface area contributed by atoms with Crippen molar-refractivity contribution in [2.24, 2.45) is 10.4 Å². The van der Waals surface area contributed by atoms with E-state index >= 15 is 0 Å². The number of aliphatic imine (C=N–C) groups is 1. The number of ether oxygens (including phenoxy) is 1. The highest BCUT2D eigenvalue weighted by Crippen LogP contribution is 2.26. The van der Waals surface area contributed by atoms with Gasteiger partial charge in [-0.15, -0.1) is 35.7 Å². The maximum absolute atomic E-state index is 5.28. The Hall–Kier alpha value is -0.470. The molecule has 0 amide bonds. The minimum Gasteiger partial charge on any atom is -0.380 e. The van der Waals surface area contributed by atoms with Gasteiger partial charge in [-0.3, -0.25) is 4.99 Å². The zero-order valence-electron chi connectivity index (χ0n) is 14.2. The fourth-order valence-corrected chi connectivity index (χ4v) is 3.11. The van der Waals surface area contributed by atoms with Crippen molar-refractivity contribution < 1.29 is 4.74 Å². The molecule has 0 spiro atoms. The van der Waals surface area contributed by atoms with Crippen LogP contribution in [0.5, 0.6) is 0 Å². The standard InChI is InChI=1S/C17H27N3OS.HI/c1-4-18-16(20-11-17(3)12-21-13-17)19-10-14(2)22-15-8-6-5-7-9-15;/h5-9,14H,4,10-13H2,1-3H3,(H2,18,19,20);1H. The number of halogens is 1. The van der Waals surface area contributed by atoms with Crippen LogP contribution in [0.15, 0.2) is 40.2 Å². The molecule has 2 N–H and O–H groups in total. The molecule has 1 aliphatic heterocycles. The molecule has 0 aromatic heterocycles. The third-order valence-corrected chi connectivity index (χ3v) is 4.61. The van der Waals surface area contributed by atoms with E-state index in [0.717, 1.165) is 38.8 Å². The second-order valence-electron chi connectivity index (χ2n) is 6.12. The maximum atomic E-state index is 5.28. The Morgan fingerprint density at radius 3 is 2.57 bits per heavy atom. The minimum absolute atomic E-state index is 0. The van der Waals surface area contributed by atoms with Crippen LogP contribution in [0.25, 0.3) is 0 Å². The van der Waals surface area contributed by atoms with Crippen molar-refractivity contribution in [2.45, 2.75) is 30.9 Å². The third kappa shape index (κ3) is 7.30. The quantitative estimate of drug-likeness (QED) is 0.290. The molecular formula is C17H28IN3OS. The van der Waals surface area contributed by atoms with Gasteiger partial charge in [0.05, 0.1) is 19.8 Å². The second-order valence-corrected chi connectivity index (χ2v) is 7.63. The maximum Gasteiger partial charge on any atom is 0.191 e. The number of benzene rings is 1. The molecular weight excluding hydrogens is 421 g/mol. The first-order valence-electron chi connectivity index (χ1n) is 7.93. The average molecular weight is 449 g/mol. The molecule has 1 unspecified atom stereocenters. The molecule has 0 saturated carbocycles. The van der Waals surface area contributed by atoms with Crippen LogP contribution in [0, 0.1) is 5.41 Å². The Labute approximate surface area is 161 Å². The number of rotatable bonds is 7. The van der Waals surface area contributed by atoms with E-state index in [4.69, 9.17) is 9.73 Å². The Morgan fingerprint density at radius 1 is 1.30 bits per heavy atom. The van der Waals surface area contributed by atoms with E-state index in [2.05, 4.69) is 55.7 Å². The van der Waals surface area contributed by atoms with Crippen LogP contribution in [0.2, 0.25) is 0 Å². The summed E-state index contributed by atoms with van der Waals surface area (Å²) in [5, 5.41) is 7.23.